The van der Waals surface area contributed by atoms with Crippen LogP contribution in [0.2, 0.25) is 0 Å². The van der Waals surface area contributed by atoms with E-state index in [1.807, 2.05) is 0 Å². The second kappa shape index (κ2) is 9.98. The zero-order chi connectivity index (χ0) is 21.4. The Bertz CT molecular complexity index is 900. The van der Waals surface area contributed by atoms with Crippen molar-refractivity contribution in [1.82, 2.24) is 5.43 Å². The highest BCUT2D eigenvalue weighted by molar-refractivity contribution is 5.95. The molecule has 0 aromatic heterocycles. The largest absolute Gasteiger partial charge is 0.493 e. The standard InChI is InChI=1S/C20H22N2O7/c1-12(23)29-19-17(27-4)8-13(9-18(19)28-5)11-21-22-20(24)14-6-7-15(25-2)16(10-14)26-3/h6-11H,1-5H3,(H,22,24)/b21-11+. The highest BCUT2D eigenvalue weighted by Gasteiger charge is 2.16. The molecule has 0 radical (unpaired) electrons. The molecular weight excluding hydrogens is 380 g/mol. The van der Waals surface area contributed by atoms with Gasteiger partial charge in [-0.25, -0.2) is 5.43 Å². The summed E-state index contributed by atoms with van der Waals surface area (Å²) in [6, 6.07) is 7.94. The fraction of sp³-hybridized carbons (Fsp3) is 0.250. The molecule has 0 bridgehead atoms. The number of hydrogen-bond donors (Lipinski definition) is 1. The average Bonchev–Trinajstić information content (AvgIpc) is 2.73. The zero-order valence-corrected chi connectivity index (χ0v) is 16.8. The summed E-state index contributed by atoms with van der Waals surface area (Å²) in [5.74, 6) is 0.732. The Morgan fingerprint density at radius 1 is 0.862 bits per heavy atom. The van der Waals surface area contributed by atoms with Gasteiger partial charge in [0.1, 0.15) is 0 Å². The van der Waals surface area contributed by atoms with Crippen LogP contribution in [0.25, 0.3) is 0 Å². The number of carbonyl (C=O) groups excluding carboxylic acids is 2. The summed E-state index contributed by atoms with van der Waals surface area (Å²) < 4.78 is 25.9. The molecule has 0 heterocycles. The van der Waals surface area contributed by atoms with Crippen LogP contribution < -0.4 is 29.1 Å². The van der Waals surface area contributed by atoms with E-state index in [4.69, 9.17) is 23.7 Å². The molecule has 1 N–H and O–H groups in total. The van der Waals surface area contributed by atoms with Gasteiger partial charge in [0, 0.05) is 18.1 Å². The van der Waals surface area contributed by atoms with Gasteiger partial charge in [-0.3, -0.25) is 9.59 Å². The Morgan fingerprint density at radius 2 is 1.45 bits per heavy atom. The van der Waals surface area contributed by atoms with Gasteiger partial charge in [-0.15, -0.1) is 0 Å². The molecule has 9 heteroatoms. The normalized spacial score (nSPS) is 10.4. The first-order chi connectivity index (χ1) is 13.9. The van der Waals surface area contributed by atoms with Crippen LogP contribution in [0.3, 0.4) is 0 Å². The number of benzene rings is 2. The summed E-state index contributed by atoms with van der Waals surface area (Å²) in [7, 11) is 5.86. The molecule has 2 aromatic carbocycles. The van der Waals surface area contributed by atoms with Crippen molar-refractivity contribution in [2.45, 2.75) is 6.92 Å². The number of ether oxygens (including phenoxy) is 5. The lowest BCUT2D eigenvalue weighted by Gasteiger charge is -2.13. The van der Waals surface area contributed by atoms with Crippen molar-refractivity contribution in [3.05, 3.63) is 41.5 Å². The van der Waals surface area contributed by atoms with Crippen LogP contribution in [0.15, 0.2) is 35.4 Å². The number of hydrazone groups is 1. The quantitative estimate of drug-likeness (QED) is 0.313. The van der Waals surface area contributed by atoms with E-state index in [2.05, 4.69) is 10.5 Å². The summed E-state index contributed by atoms with van der Waals surface area (Å²) in [6.45, 7) is 1.28. The topological polar surface area (TPSA) is 105 Å². The predicted molar refractivity (Wildman–Crippen MR) is 105 cm³/mol. The number of hydrogen-bond acceptors (Lipinski definition) is 8. The van der Waals surface area contributed by atoms with Gasteiger partial charge in [-0.2, -0.15) is 5.10 Å². The lowest BCUT2D eigenvalue weighted by molar-refractivity contribution is -0.132. The first kappa shape index (κ1) is 21.5. The average molecular weight is 402 g/mol. The maximum Gasteiger partial charge on any atom is 0.308 e. The number of nitrogens with zero attached hydrogens (tertiary/aromatic N) is 1. The van der Waals surface area contributed by atoms with E-state index >= 15 is 0 Å². The Morgan fingerprint density at radius 3 is 1.97 bits per heavy atom. The molecular formula is C20H22N2O7. The van der Waals surface area contributed by atoms with E-state index in [1.165, 1.54) is 41.6 Å². The number of nitrogens with one attached hydrogen (secondary N) is 1. The minimum absolute atomic E-state index is 0.161. The number of carbonyl (C=O) groups is 2. The minimum atomic E-state index is -0.509. The Balaban J connectivity index is 2.19. The van der Waals surface area contributed by atoms with Crippen LogP contribution in [0.4, 0.5) is 0 Å². The van der Waals surface area contributed by atoms with Crippen molar-refractivity contribution < 1.29 is 33.3 Å². The molecule has 0 aliphatic rings. The van der Waals surface area contributed by atoms with Crippen LogP contribution in [0, 0.1) is 0 Å². The van der Waals surface area contributed by atoms with Crippen LogP contribution >= 0.6 is 0 Å². The van der Waals surface area contributed by atoms with E-state index in [0.717, 1.165) is 0 Å². The van der Waals surface area contributed by atoms with E-state index in [-0.39, 0.29) is 17.2 Å². The molecule has 1 amide bonds. The second-order valence-corrected chi connectivity index (χ2v) is 5.62. The van der Waals surface area contributed by atoms with Crippen LogP contribution in [0.5, 0.6) is 28.7 Å². The fourth-order valence-corrected chi connectivity index (χ4v) is 2.43. The highest BCUT2D eigenvalue weighted by Crippen LogP contribution is 2.38. The van der Waals surface area contributed by atoms with E-state index in [1.54, 1.807) is 30.3 Å². The first-order valence-electron chi connectivity index (χ1n) is 8.43. The lowest BCUT2D eigenvalue weighted by Crippen LogP contribution is -2.17. The molecule has 0 spiro atoms. The molecule has 0 atom stereocenters. The molecule has 2 rings (SSSR count). The molecule has 0 saturated carbocycles. The first-order valence-corrected chi connectivity index (χ1v) is 8.43. The van der Waals surface area contributed by atoms with E-state index in [0.29, 0.717) is 22.6 Å². The fourth-order valence-electron chi connectivity index (χ4n) is 2.43. The summed E-state index contributed by atoms with van der Waals surface area (Å²) in [5.41, 5.74) is 3.33. The van der Waals surface area contributed by atoms with Gasteiger partial charge in [-0.1, -0.05) is 0 Å². The molecule has 9 nitrogen and oxygen atoms in total. The Hall–Kier alpha value is -3.75. The third kappa shape index (κ3) is 5.38. The van der Waals surface area contributed by atoms with Crippen molar-refractivity contribution in [3.63, 3.8) is 0 Å². The molecule has 0 fully saturated rings. The van der Waals surface area contributed by atoms with Crippen LogP contribution in [-0.2, 0) is 4.79 Å². The molecule has 154 valence electrons. The number of methoxy groups -OCH3 is 4. The maximum absolute atomic E-state index is 12.3. The van der Waals surface area contributed by atoms with Crippen LogP contribution in [0.1, 0.15) is 22.8 Å². The monoisotopic (exact) mass is 402 g/mol. The van der Waals surface area contributed by atoms with Gasteiger partial charge in [0.2, 0.25) is 5.75 Å². The summed E-state index contributed by atoms with van der Waals surface area (Å²) in [5, 5.41) is 3.94. The van der Waals surface area contributed by atoms with Gasteiger partial charge >= 0.3 is 5.97 Å². The van der Waals surface area contributed by atoms with Gasteiger partial charge in [0.15, 0.2) is 23.0 Å². The summed E-state index contributed by atoms with van der Waals surface area (Å²) in [6.07, 6.45) is 1.40. The molecule has 0 saturated heterocycles. The Labute approximate surface area is 168 Å². The number of amides is 1. The van der Waals surface area contributed by atoms with Crippen molar-refractivity contribution in [3.8, 4) is 28.7 Å². The molecule has 2 aromatic rings. The SMILES string of the molecule is COc1ccc(C(=O)N/N=C/c2cc(OC)c(OC(C)=O)c(OC)c2)cc1OC. The molecule has 0 unspecified atom stereocenters. The predicted octanol–water partition coefficient (Wildman–Crippen LogP) is 2.41. The number of rotatable bonds is 8. The third-order valence-electron chi connectivity index (χ3n) is 3.75. The van der Waals surface area contributed by atoms with Gasteiger partial charge in [-0.05, 0) is 30.3 Å². The molecule has 0 aliphatic heterocycles. The molecule has 29 heavy (non-hydrogen) atoms. The summed E-state index contributed by atoms with van der Waals surface area (Å²) in [4.78, 5) is 23.6. The lowest BCUT2D eigenvalue weighted by atomic mass is 10.2. The zero-order valence-electron chi connectivity index (χ0n) is 16.8. The Kier molecular flexibility index (Phi) is 7.41. The van der Waals surface area contributed by atoms with Crippen molar-refractivity contribution in [2.24, 2.45) is 5.10 Å². The highest BCUT2D eigenvalue weighted by atomic mass is 16.6. The van der Waals surface area contributed by atoms with E-state index < -0.39 is 11.9 Å². The van der Waals surface area contributed by atoms with Crippen molar-refractivity contribution >= 4 is 18.1 Å². The van der Waals surface area contributed by atoms with E-state index in [9.17, 15) is 9.59 Å². The smallest absolute Gasteiger partial charge is 0.308 e. The van der Waals surface area contributed by atoms with Gasteiger partial charge in [0.25, 0.3) is 5.91 Å². The van der Waals surface area contributed by atoms with Crippen LogP contribution in [-0.4, -0.2) is 46.5 Å². The third-order valence-corrected chi connectivity index (χ3v) is 3.75. The number of esters is 1. The minimum Gasteiger partial charge on any atom is -0.493 e. The second-order valence-electron chi connectivity index (χ2n) is 5.62. The van der Waals surface area contributed by atoms with Gasteiger partial charge in [0.05, 0.1) is 34.7 Å². The maximum atomic E-state index is 12.3. The summed E-state index contributed by atoms with van der Waals surface area (Å²) >= 11 is 0. The van der Waals surface area contributed by atoms with Crippen molar-refractivity contribution in [1.29, 1.82) is 0 Å². The van der Waals surface area contributed by atoms with Crippen molar-refractivity contribution in [2.75, 3.05) is 28.4 Å². The molecule has 0 aliphatic carbocycles. The van der Waals surface area contributed by atoms with Gasteiger partial charge < -0.3 is 23.7 Å².